The summed E-state index contributed by atoms with van der Waals surface area (Å²) in [5, 5.41) is 0.906. The molecule has 94 valence electrons. The van der Waals surface area contributed by atoms with Gasteiger partial charge in [0.15, 0.2) is 0 Å². The third kappa shape index (κ3) is 2.94. The van der Waals surface area contributed by atoms with E-state index in [0.29, 0.717) is 28.2 Å². The van der Waals surface area contributed by atoms with Crippen molar-refractivity contribution in [2.75, 3.05) is 0 Å². The first-order chi connectivity index (χ1) is 8.61. The van der Waals surface area contributed by atoms with Gasteiger partial charge in [0.05, 0.1) is 10.6 Å². The first-order valence-electron chi connectivity index (χ1n) is 5.24. The highest BCUT2D eigenvalue weighted by molar-refractivity contribution is 9.10. The zero-order chi connectivity index (χ0) is 13.1. The van der Waals surface area contributed by atoms with Crippen molar-refractivity contribution in [1.82, 2.24) is 9.97 Å². The monoisotopic (exact) mass is 346 g/mol. The van der Waals surface area contributed by atoms with Gasteiger partial charge in [-0.25, -0.2) is 9.97 Å². The van der Waals surface area contributed by atoms with Gasteiger partial charge in [-0.1, -0.05) is 46.1 Å². The van der Waals surface area contributed by atoms with E-state index < -0.39 is 0 Å². The van der Waals surface area contributed by atoms with Gasteiger partial charge in [-0.15, -0.1) is 0 Å². The van der Waals surface area contributed by atoms with Crippen LogP contribution in [-0.2, 0) is 6.42 Å². The molecule has 0 fully saturated rings. The number of ether oxygens (including phenoxy) is 1. The predicted molar refractivity (Wildman–Crippen MR) is 75.6 cm³/mol. The van der Waals surface area contributed by atoms with E-state index >= 15 is 0 Å². The minimum Gasteiger partial charge on any atom is -0.437 e. The van der Waals surface area contributed by atoms with Crippen molar-refractivity contribution in [1.29, 1.82) is 0 Å². The molecular formula is C12H9BrCl2N2O. The molecule has 0 radical (unpaired) electrons. The van der Waals surface area contributed by atoms with Crippen LogP contribution in [0.3, 0.4) is 0 Å². The van der Waals surface area contributed by atoms with Crippen LogP contribution in [0.15, 0.2) is 29.0 Å². The van der Waals surface area contributed by atoms with Gasteiger partial charge in [-0.2, -0.15) is 0 Å². The molecular weight excluding hydrogens is 339 g/mol. The maximum Gasteiger partial charge on any atom is 0.227 e. The summed E-state index contributed by atoms with van der Waals surface area (Å²) in [5.41, 5.74) is 0.759. The number of hydrogen-bond acceptors (Lipinski definition) is 3. The molecule has 18 heavy (non-hydrogen) atoms. The van der Waals surface area contributed by atoms with E-state index in [2.05, 4.69) is 25.9 Å². The molecule has 0 saturated heterocycles. The number of nitrogens with zero attached hydrogens (tertiary/aromatic N) is 2. The van der Waals surface area contributed by atoms with E-state index in [-0.39, 0.29) is 0 Å². The van der Waals surface area contributed by atoms with E-state index in [1.54, 1.807) is 12.1 Å². The van der Waals surface area contributed by atoms with Gasteiger partial charge < -0.3 is 4.74 Å². The van der Waals surface area contributed by atoms with Crippen molar-refractivity contribution in [3.8, 4) is 11.6 Å². The second-order valence-electron chi connectivity index (χ2n) is 3.48. The lowest BCUT2D eigenvalue weighted by Gasteiger charge is -2.10. The van der Waals surface area contributed by atoms with Crippen LogP contribution in [0.1, 0.15) is 12.5 Å². The van der Waals surface area contributed by atoms with Gasteiger partial charge in [0.25, 0.3) is 0 Å². The van der Waals surface area contributed by atoms with Crippen molar-refractivity contribution >= 4 is 39.1 Å². The Labute approximate surface area is 123 Å². The van der Waals surface area contributed by atoms with Crippen LogP contribution >= 0.6 is 39.1 Å². The summed E-state index contributed by atoms with van der Waals surface area (Å²) < 4.78 is 6.57. The number of hydrogen-bond donors (Lipinski definition) is 0. The SMILES string of the molecule is CCc1c(Cl)ncnc1Oc1cc(Br)ccc1Cl. The normalized spacial score (nSPS) is 10.4. The second kappa shape index (κ2) is 5.87. The average Bonchev–Trinajstić information content (AvgIpc) is 2.34. The Morgan fingerprint density at radius 2 is 2.06 bits per heavy atom. The zero-order valence-corrected chi connectivity index (χ0v) is 12.6. The minimum atomic E-state index is 0.397. The van der Waals surface area contributed by atoms with E-state index in [1.165, 1.54) is 6.33 Å². The number of benzene rings is 1. The van der Waals surface area contributed by atoms with Crippen molar-refractivity contribution < 1.29 is 4.74 Å². The summed E-state index contributed by atoms with van der Waals surface area (Å²) in [6.07, 6.45) is 2.04. The second-order valence-corrected chi connectivity index (χ2v) is 5.16. The standard InChI is InChI=1S/C12H9BrCl2N2O/c1-2-8-11(15)16-6-17-12(8)18-10-5-7(13)3-4-9(10)14/h3-6H,2H2,1H3. The van der Waals surface area contributed by atoms with E-state index in [9.17, 15) is 0 Å². The van der Waals surface area contributed by atoms with Crippen LogP contribution < -0.4 is 4.74 Å². The highest BCUT2D eigenvalue weighted by Gasteiger charge is 2.12. The molecule has 0 aliphatic carbocycles. The third-order valence-electron chi connectivity index (χ3n) is 2.31. The van der Waals surface area contributed by atoms with Gasteiger partial charge in [0.1, 0.15) is 17.2 Å². The Morgan fingerprint density at radius 1 is 1.28 bits per heavy atom. The Kier molecular flexibility index (Phi) is 4.43. The fourth-order valence-electron chi connectivity index (χ4n) is 1.42. The minimum absolute atomic E-state index is 0.397. The summed E-state index contributed by atoms with van der Waals surface area (Å²) in [5.74, 6) is 0.952. The van der Waals surface area contributed by atoms with Gasteiger partial charge in [0.2, 0.25) is 5.88 Å². The van der Waals surface area contributed by atoms with Crippen LogP contribution in [0.4, 0.5) is 0 Å². The van der Waals surface area contributed by atoms with Crippen LogP contribution in [0.5, 0.6) is 11.6 Å². The van der Waals surface area contributed by atoms with Crippen LogP contribution in [-0.4, -0.2) is 9.97 Å². The molecule has 1 aromatic carbocycles. The Bertz CT molecular complexity index is 578. The summed E-state index contributed by atoms with van der Waals surface area (Å²) >= 11 is 15.4. The predicted octanol–water partition coefficient (Wildman–Crippen LogP) is 4.90. The van der Waals surface area contributed by atoms with E-state index in [0.717, 1.165) is 10.0 Å². The maximum atomic E-state index is 6.06. The van der Waals surface area contributed by atoms with Crippen molar-refractivity contribution in [3.63, 3.8) is 0 Å². The molecule has 0 amide bonds. The summed E-state index contributed by atoms with van der Waals surface area (Å²) in [4.78, 5) is 8.01. The molecule has 0 saturated carbocycles. The molecule has 2 rings (SSSR count). The molecule has 1 aromatic heterocycles. The highest BCUT2D eigenvalue weighted by Crippen LogP contribution is 2.33. The number of halogens is 3. The molecule has 3 nitrogen and oxygen atoms in total. The molecule has 0 spiro atoms. The highest BCUT2D eigenvalue weighted by atomic mass is 79.9. The lowest BCUT2D eigenvalue weighted by Crippen LogP contribution is -1.97. The van der Waals surface area contributed by atoms with E-state index in [4.69, 9.17) is 27.9 Å². The first-order valence-corrected chi connectivity index (χ1v) is 6.79. The summed E-state index contributed by atoms with van der Waals surface area (Å²) in [6, 6.07) is 5.36. The average molecular weight is 348 g/mol. The molecule has 0 aliphatic rings. The van der Waals surface area contributed by atoms with Crippen LogP contribution in [0.2, 0.25) is 10.2 Å². The number of rotatable bonds is 3. The summed E-state index contributed by atoms with van der Waals surface area (Å²) in [7, 11) is 0. The van der Waals surface area contributed by atoms with Crippen LogP contribution in [0.25, 0.3) is 0 Å². The topological polar surface area (TPSA) is 35.0 Å². The molecule has 0 unspecified atom stereocenters. The molecule has 2 aromatic rings. The van der Waals surface area contributed by atoms with Gasteiger partial charge in [-0.05, 0) is 24.6 Å². The van der Waals surface area contributed by atoms with Crippen molar-refractivity contribution in [3.05, 3.63) is 44.7 Å². The summed E-state index contributed by atoms with van der Waals surface area (Å²) in [6.45, 7) is 1.96. The van der Waals surface area contributed by atoms with Crippen molar-refractivity contribution in [2.24, 2.45) is 0 Å². The fraction of sp³-hybridized carbons (Fsp3) is 0.167. The molecule has 1 heterocycles. The lowest BCUT2D eigenvalue weighted by atomic mass is 10.2. The first kappa shape index (κ1) is 13.6. The lowest BCUT2D eigenvalue weighted by molar-refractivity contribution is 0.455. The number of aromatic nitrogens is 2. The van der Waals surface area contributed by atoms with Gasteiger partial charge in [0, 0.05) is 4.47 Å². The third-order valence-corrected chi connectivity index (χ3v) is 3.44. The zero-order valence-electron chi connectivity index (χ0n) is 9.45. The molecule has 6 heteroatoms. The fourth-order valence-corrected chi connectivity index (χ4v) is 2.17. The van der Waals surface area contributed by atoms with Crippen molar-refractivity contribution in [2.45, 2.75) is 13.3 Å². The quantitative estimate of drug-likeness (QED) is 0.740. The maximum absolute atomic E-state index is 6.06. The molecule has 0 aliphatic heterocycles. The van der Waals surface area contributed by atoms with E-state index in [1.807, 2.05) is 13.0 Å². The Hall–Kier alpha value is -0.840. The molecule has 0 N–H and O–H groups in total. The molecule has 0 atom stereocenters. The largest absolute Gasteiger partial charge is 0.437 e. The smallest absolute Gasteiger partial charge is 0.227 e. The Morgan fingerprint density at radius 3 is 2.78 bits per heavy atom. The van der Waals surface area contributed by atoms with Crippen LogP contribution in [0, 0.1) is 0 Å². The molecule has 0 bridgehead atoms. The Balaban J connectivity index is 2.40. The van der Waals surface area contributed by atoms with Gasteiger partial charge in [-0.3, -0.25) is 0 Å². The van der Waals surface area contributed by atoms with Gasteiger partial charge >= 0.3 is 0 Å².